The molecule has 2 N–H and O–H groups in total. The number of imidazole rings is 1. The second-order valence-corrected chi connectivity index (χ2v) is 8.21. The molecule has 5 rings (SSSR count). The van der Waals surface area contributed by atoms with E-state index in [1.165, 1.54) is 6.33 Å². The molecule has 1 atom stereocenters. The number of hydrogen-bond donors (Lipinski definition) is 2. The minimum Gasteiger partial charge on any atom is -0.396 e. The lowest BCUT2D eigenvalue weighted by molar-refractivity contribution is 0.239. The number of fused-ring (bicyclic) bond motifs is 2. The third kappa shape index (κ3) is 2.63. The van der Waals surface area contributed by atoms with E-state index in [1.54, 1.807) is 11.3 Å². The number of aromatic amines is 1. The van der Waals surface area contributed by atoms with E-state index in [9.17, 15) is 9.90 Å². The first kappa shape index (κ1) is 17.4. The summed E-state index contributed by atoms with van der Waals surface area (Å²) < 4.78 is 2.11. The molecule has 144 valence electrons. The van der Waals surface area contributed by atoms with E-state index in [0.717, 1.165) is 58.0 Å². The third-order valence-corrected chi connectivity index (χ3v) is 6.82. The van der Waals surface area contributed by atoms with E-state index in [2.05, 4.69) is 49.5 Å². The molecule has 3 aromatic heterocycles. The number of aromatic nitrogens is 4. The van der Waals surface area contributed by atoms with E-state index in [1.807, 2.05) is 6.33 Å². The van der Waals surface area contributed by atoms with E-state index in [0.29, 0.717) is 5.39 Å². The number of benzene rings is 1. The Morgan fingerprint density at radius 3 is 3.04 bits per heavy atom. The summed E-state index contributed by atoms with van der Waals surface area (Å²) in [5.74, 6) is 0.255. The van der Waals surface area contributed by atoms with Crippen LogP contribution in [-0.4, -0.2) is 44.3 Å². The van der Waals surface area contributed by atoms with Gasteiger partial charge in [0, 0.05) is 32.2 Å². The van der Waals surface area contributed by atoms with Gasteiger partial charge >= 0.3 is 0 Å². The highest BCUT2D eigenvalue weighted by atomic mass is 32.1. The van der Waals surface area contributed by atoms with E-state index in [-0.39, 0.29) is 18.1 Å². The van der Waals surface area contributed by atoms with Crippen LogP contribution in [0, 0.1) is 5.92 Å². The van der Waals surface area contributed by atoms with Crippen molar-refractivity contribution in [1.29, 1.82) is 0 Å². The number of hydrogen-bond acceptors (Lipinski definition) is 6. The number of aliphatic hydroxyl groups excluding tert-OH is 1. The molecule has 0 radical (unpaired) electrons. The van der Waals surface area contributed by atoms with Crippen molar-refractivity contribution in [2.24, 2.45) is 5.92 Å². The summed E-state index contributed by atoms with van der Waals surface area (Å²) in [4.78, 5) is 27.6. The summed E-state index contributed by atoms with van der Waals surface area (Å²) >= 11 is 1.60. The SMILES string of the molecule is CCn1cnc2cc(-c3sc(N4CC[C@H](CO)C4)c4c(=O)[nH]cnc34)ccc21. The third-order valence-electron chi connectivity index (χ3n) is 5.54. The Labute approximate surface area is 165 Å². The number of aryl methyl sites for hydroxylation is 1. The predicted octanol–water partition coefficient (Wildman–Crippen LogP) is 2.84. The van der Waals surface area contributed by atoms with Gasteiger partial charge in [0.1, 0.15) is 10.4 Å². The van der Waals surface area contributed by atoms with Crippen LogP contribution in [0.25, 0.3) is 32.4 Å². The molecule has 1 aliphatic heterocycles. The smallest absolute Gasteiger partial charge is 0.261 e. The van der Waals surface area contributed by atoms with Crippen molar-refractivity contribution >= 4 is 38.3 Å². The molecule has 1 aromatic carbocycles. The number of anilines is 1. The molecule has 28 heavy (non-hydrogen) atoms. The quantitative estimate of drug-likeness (QED) is 0.555. The van der Waals surface area contributed by atoms with Crippen LogP contribution in [-0.2, 0) is 6.54 Å². The van der Waals surface area contributed by atoms with Gasteiger partial charge in [-0.25, -0.2) is 9.97 Å². The van der Waals surface area contributed by atoms with Crippen LogP contribution in [0.4, 0.5) is 5.00 Å². The highest BCUT2D eigenvalue weighted by Gasteiger charge is 2.27. The minimum absolute atomic E-state index is 0.119. The molecule has 1 aliphatic rings. The van der Waals surface area contributed by atoms with Crippen molar-refractivity contribution in [3.8, 4) is 10.4 Å². The highest BCUT2D eigenvalue weighted by molar-refractivity contribution is 7.21. The number of H-pyrrole nitrogens is 1. The van der Waals surface area contributed by atoms with Gasteiger partial charge in [0.15, 0.2) is 0 Å². The van der Waals surface area contributed by atoms with Crippen LogP contribution in [0.15, 0.2) is 35.6 Å². The highest BCUT2D eigenvalue weighted by Crippen LogP contribution is 2.43. The molecule has 0 spiro atoms. The normalized spacial score (nSPS) is 17.2. The molecule has 0 saturated carbocycles. The van der Waals surface area contributed by atoms with Gasteiger partial charge < -0.3 is 19.6 Å². The van der Waals surface area contributed by atoms with Crippen LogP contribution in [0.1, 0.15) is 13.3 Å². The van der Waals surface area contributed by atoms with Gasteiger partial charge in [-0.15, -0.1) is 11.3 Å². The first-order valence-corrected chi connectivity index (χ1v) is 10.3. The first-order chi connectivity index (χ1) is 13.7. The number of nitrogens with zero attached hydrogens (tertiary/aromatic N) is 4. The Morgan fingerprint density at radius 1 is 1.36 bits per heavy atom. The molecular formula is C20H21N5O2S. The Morgan fingerprint density at radius 2 is 2.25 bits per heavy atom. The van der Waals surface area contributed by atoms with Gasteiger partial charge in [-0.3, -0.25) is 4.79 Å². The van der Waals surface area contributed by atoms with Crippen LogP contribution in [0.3, 0.4) is 0 Å². The van der Waals surface area contributed by atoms with Crippen LogP contribution in [0.5, 0.6) is 0 Å². The van der Waals surface area contributed by atoms with E-state index < -0.39 is 0 Å². The van der Waals surface area contributed by atoms with Crippen LogP contribution in [0.2, 0.25) is 0 Å². The van der Waals surface area contributed by atoms with Crippen molar-refractivity contribution in [3.63, 3.8) is 0 Å². The lowest BCUT2D eigenvalue weighted by Gasteiger charge is -2.16. The second-order valence-electron chi connectivity index (χ2n) is 7.21. The van der Waals surface area contributed by atoms with Gasteiger partial charge in [-0.2, -0.15) is 0 Å². The van der Waals surface area contributed by atoms with Crippen molar-refractivity contribution in [2.45, 2.75) is 19.9 Å². The Balaban J connectivity index is 1.68. The lowest BCUT2D eigenvalue weighted by atomic mass is 10.1. The maximum Gasteiger partial charge on any atom is 0.261 e. The molecule has 4 heterocycles. The molecule has 0 amide bonds. The van der Waals surface area contributed by atoms with Gasteiger partial charge in [-0.1, -0.05) is 6.07 Å². The molecule has 8 heteroatoms. The average Bonchev–Trinajstić information content (AvgIpc) is 3.43. The summed E-state index contributed by atoms with van der Waals surface area (Å²) in [5.41, 5.74) is 3.67. The van der Waals surface area contributed by atoms with Gasteiger partial charge in [0.2, 0.25) is 0 Å². The maximum atomic E-state index is 12.6. The minimum atomic E-state index is -0.119. The first-order valence-electron chi connectivity index (χ1n) is 9.50. The number of aliphatic hydroxyl groups is 1. The van der Waals surface area contributed by atoms with Gasteiger partial charge in [-0.05, 0) is 31.0 Å². The topological polar surface area (TPSA) is 87.0 Å². The molecule has 1 saturated heterocycles. The van der Waals surface area contributed by atoms with Crippen LogP contribution >= 0.6 is 11.3 Å². The van der Waals surface area contributed by atoms with Crippen molar-refractivity contribution < 1.29 is 5.11 Å². The maximum absolute atomic E-state index is 12.6. The van der Waals surface area contributed by atoms with Crippen molar-refractivity contribution in [3.05, 3.63) is 41.2 Å². The monoisotopic (exact) mass is 395 g/mol. The number of rotatable bonds is 4. The molecule has 0 unspecified atom stereocenters. The summed E-state index contributed by atoms with van der Waals surface area (Å²) in [6, 6.07) is 6.23. The zero-order chi connectivity index (χ0) is 19.3. The van der Waals surface area contributed by atoms with E-state index >= 15 is 0 Å². The van der Waals surface area contributed by atoms with Gasteiger partial charge in [0.05, 0.1) is 34.1 Å². The fourth-order valence-electron chi connectivity index (χ4n) is 4.01. The number of nitrogens with one attached hydrogen (secondary N) is 1. The Bertz CT molecular complexity index is 1220. The molecule has 0 aliphatic carbocycles. The van der Waals surface area contributed by atoms with Crippen molar-refractivity contribution in [1.82, 2.24) is 19.5 Å². The molecular weight excluding hydrogens is 374 g/mol. The van der Waals surface area contributed by atoms with Crippen LogP contribution < -0.4 is 10.5 Å². The Kier molecular flexibility index (Phi) is 4.17. The molecule has 0 bridgehead atoms. The molecule has 4 aromatic rings. The summed E-state index contributed by atoms with van der Waals surface area (Å²) in [5, 5.41) is 11.1. The fourth-order valence-corrected chi connectivity index (χ4v) is 5.28. The number of thiophene rings is 1. The average molecular weight is 395 g/mol. The lowest BCUT2D eigenvalue weighted by Crippen LogP contribution is -2.21. The fraction of sp³-hybridized carbons (Fsp3) is 0.350. The summed E-state index contributed by atoms with van der Waals surface area (Å²) in [7, 11) is 0. The zero-order valence-corrected chi connectivity index (χ0v) is 16.4. The molecule has 1 fully saturated rings. The predicted molar refractivity (Wildman–Crippen MR) is 112 cm³/mol. The molecule has 7 nitrogen and oxygen atoms in total. The standard InChI is InChI=1S/C20H21N5O2S/c1-2-24-11-23-14-7-13(3-4-15(14)24)18-17-16(19(27)22-10-21-17)20(28-18)25-6-5-12(8-25)9-26/h3-4,7,10-12,26H,2,5-6,8-9H2,1H3,(H,21,22,27)/t12-/m0/s1. The van der Waals surface area contributed by atoms with Gasteiger partial charge in [0.25, 0.3) is 5.56 Å². The van der Waals surface area contributed by atoms with E-state index in [4.69, 9.17) is 0 Å². The summed E-state index contributed by atoms with van der Waals surface area (Å²) in [6.45, 7) is 4.76. The second kappa shape index (κ2) is 6.72. The van der Waals surface area contributed by atoms with Crippen molar-refractivity contribution in [2.75, 3.05) is 24.6 Å². The Hall–Kier alpha value is -2.71. The summed E-state index contributed by atoms with van der Waals surface area (Å²) in [6.07, 6.45) is 4.26. The largest absolute Gasteiger partial charge is 0.396 e. The zero-order valence-electron chi connectivity index (χ0n) is 15.6.